The summed E-state index contributed by atoms with van der Waals surface area (Å²) in [7, 11) is 0. The third kappa shape index (κ3) is 31.8. The van der Waals surface area contributed by atoms with Crippen molar-refractivity contribution in [2.45, 2.75) is 373 Å². The summed E-state index contributed by atoms with van der Waals surface area (Å²) in [6.07, 6.45) is 52.2. The first-order valence-corrected chi connectivity index (χ1v) is 45.4. The van der Waals surface area contributed by atoms with Gasteiger partial charge in [-0.3, -0.25) is 0 Å². The largest absolute Gasteiger partial charge is 0.207 e. The molecule has 6 saturated carbocycles. The Bertz CT molecular complexity index is 3700. The number of hydrogen-bond acceptors (Lipinski definition) is 0. The molecule has 12 rings (SSSR count). The summed E-state index contributed by atoms with van der Waals surface area (Å²) in [4.78, 5) is 0. The van der Waals surface area contributed by atoms with E-state index in [1.165, 1.54) is 179 Å². The van der Waals surface area contributed by atoms with Crippen LogP contribution in [0.1, 0.15) is 405 Å². The summed E-state index contributed by atoms with van der Waals surface area (Å²) >= 11 is 0. The van der Waals surface area contributed by atoms with E-state index in [0.717, 1.165) is 219 Å². The van der Waals surface area contributed by atoms with Gasteiger partial charge in [0.25, 0.3) is 0 Å². The van der Waals surface area contributed by atoms with Gasteiger partial charge in [0.2, 0.25) is 0 Å². The van der Waals surface area contributed by atoms with Crippen molar-refractivity contribution in [3.8, 4) is 0 Å². The lowest BCUT2D eigenvalue weighted by atomic mass is 9.77. The van der Waals surface area contributed by atoms with Gasteiger partial charge >= 0.3 is 0 Å². The van der Waals surface area contributed by atoms with Gasteiger partial charge in [-0.05, 0) is 338 Å². The Balaban J connectivity index is 0.000000194. The SMILES string of the molecule is CCC1CCC(c2cc(F)c(F)c(F)c2)CC1.CCCC1CCC(c2cc(F)c(F)c(F)c2)CC1.CCCCC1CCC(c2cc(F)c(F)c(F)c2)CC1.CCCCCC1CCC(c2cc(F)c(F)c(F)c2)CC1.CCCCCCC1CCC(c2cc(F)c(F)c(F)c2)CC1.CCCCCCCC1CCC(c2cc(F)c(C)c(F)c2)CC1. The van der Waals surface area contributed by atoms with Crippen LogP contribution >= 0.6 is 0 Å². The zero-order valence-electron chi connectivity index (χ0n) is 71.1. The normalized spacial score (nSPS) is 23.3. The van der Waals surface area contributed by atoms with Gasteiger partial charge in [0.05, 0.1) is 0 Å². The Morgan fingerprint density at radius 2 is 0.359 bits per heavy atom. The van der Waals surface area contributed by atoms with Crippen LogP contribution in [-0.2, 0) is 0 Å². The second kappa shape index (κ2) is 51.8. The molecule has 6 aliphatic rings. The molecule has 0 atom stereocenters. The topological polar surface area (TPSA) is 0 Å². The average molecular weight is 1660 g/mol. The molecule has 6 aliphatic carbocycles. The first-order chi connectivity index (χ1) is 56.2. The van der Waals surface area contributed by atoms with Crippen molar-refractivity contribution < 1.29 is 74.6 Å². The lowest BCUT2D eigenvalue weighted by Gasteiger charge is -2.29. The maximum Gasteiger partial charge on any atom is 0.194 e. The predicted octanol–water partition coefficient (Wildman–Crippen LogP) is 34.7. The van der Waals surface area contributed by atoms with Gasteiger partial charge in [-0.25, -0.2) is 74.6 Å². The Hall–Kier alpha value is -5.87. The summed E-state index contributed by atoms with van der Waals surface area (Å²) in [5.74, 6) is -12.4. The molecule has 6 aromatic carbocycles. The average Bonchev–Trinajstić information content (AvgIpc) is 0.855. The third-order valence-electron chi connectivity index (χ3n) is 26.9. The van der Waals surface area contributed by atoms with E-state index < -0.39 is 98.9 Å². The van der Waals surface area contributed by atoms with Crippen LogP contribution in [0, 0.1) is 141 Å². The summed E-state index contributed by atoms with van der Waals surface area (Å²) < 4.78 is 224. The van der Waals surface area contributed by atoms with Gasteiger partial charge in [0, 0.05) is 5.56 Å². The Kier molecular flexibility index (Phi) is 43.5. The summed E-state index contributed by atoms with van der Waals surface area (Å²) in [5, 5.41) is 0. The Morgan fingerprint density at radius 3 is 0.573 bits per heavy atom. The Morgan fingerprint density at radius 1 is 0.188 bits per heavy atom. The second-order valence-corrected chi connectivity index (χ2v) is 35.3. The van der Waals surface area contributed by atoms with Crippen LogP contribution in [0.2, 0.25) is 0 Å². The van der Waals surface area contributed by atoms with E-state index in [0.29, 0.717) is 33.7 Å². The fraction of sp³-hybridized carbons (Fsp3) is 0.640. The molecule has 0 radical (unpaired) electrons. The van der Waals surface area contributed by atoms with Crippen LogP contribution in [0.15, 0.2) is 72.8 Å². The van der Waals surface area contributed by atoms with Gasteiger partial charge in [0.1, 0.15) is 11.6 Å². The zero-order chi connectivity index (χ0) is 85.1. The third-order valence-corrected chi connectivity index (χ3v) is 26.9. The van der Waals surface area contributed by atoms with E-state index in [1.807, 2.05) is 0 Å². The molecule has 0 amide bonds. The number of hydrogen-bond donors (Lipinski definition) is 0. The minimum Gasteiger partial charge on any atom is -0.207 e. The molecule has 0 nitrogen and oxygen atoms in total. The van der Waals surface area contributed by atoms with Crippen molar-refractivity contribution >= 4 is 0 Å². The number of halogens is 17. The smallest absolute Gasteiger partial charge is 0.194 e. The molecule has 0 heterocycles. The first-order valence-electron chi connectivity index (χ1n) is 45.4. The van der Waals surface area contributed by atoms with Crippen molar-refractivity contribution in [1.29, 1.82) is 0 Å². The number of benzene rings is 6. The summed E-state index contributed by atoms with van der Waals surface area (Å²) in [5.41, 5.74) is 4.08. The van der Waals surface area contributed by atoms with Crippen LogP contribution < -0.4 is 0 Å². The molecular formula is C100H135F17. The standard InChI is InChI=1S/C20H30F2.C18H25F3.C17H23F3.C16H21F3.C15H19F3.C14H17F3/c1-3-4-5-6-7-8-16-9-11-17(12-10-16)18-13-19(21)15(2)20(22)14-18;1-2-3-4-5-6-13-7-9-14(10-8-13)15-11-16(19)18(21)17(20)12-15;1-2-3-4-5-12-6-8-13(9-7-12)14-10-15(18)17(20)16(19)11-14;1-2-3-4-11-5-7-12(8-6-11)13-9-14(17)16(19)15(18)10-13;1-2-3-10-4-6-11(7-5-10)12-8-13(16)15(18)14(17)9-12;1-2-9-3-5-10(6-4-9)11-7-12(15)14(17)13(16)8-11/h13-14,16-17H,3-12H2,1-2H3;11-14H,2-10H2,1H3;10-13H,2-9H2,1H3;9-12H,2-8H2,1H3;8-11H,2-7H2,1H3;7-10H,2-6H2,1H3. The van der Waals surface area contributed by atoms with E-state index in [4.69, 9.17) is 0 Å². The highest BCUT2D eigenvalue weighted by Gasteiger charge is 2.31. The molecule has 0 aromatic heterocycles. The first kappa shape index (κ1) is 98.2. The predicted molar refractivity (Wildman–Crippen MR) is 442 cm³/mol. The monoisotopic (exact) mass is 1660 g/mol. The van der Waals surface area contributed by atoms with Crippen LogP contribution in [0.3, 0.4) is 0 Å². The molecule has 0 bridgehead atoms. The van der Waals surface area contributed by atoms with Crippen LogP contribution in [0.25, 0.3) is 0 Å². The van der Waals surface area contributed by atoms with E-state index in [-0.39, 0.29) is 35.2 Å². The zero-order valence-corrected chi connectivity index (χ0v) is 71.1. The van der Waals surface area contributed by atoms with Crippen molar-refractivity contribution in [2.24, 2.45) is 35.5 Å². The molecule has 654 valence electrons. The molecule has 0 spiro atoms. The second-order valence-electron chi connectivity index (χ2n) is 35.3. The van der Waals surface area contributed by atoms with Crippen molar-refractivity contribution in [3.05, 3.63) is 211 Å². The lowest BCUT2D eigenvalue weighted by Crippen LogP contribution is -2.14. The van der Waals surface area contributed by atoms with E-state index >= 15 is 0 Å². The molecule has 0 N–H and O–H groups in total. The molecule has 6 aromatic rings. The van der Waals surface area contributed by atoms with Crippen molar-refractivity contribution in [1.82, 2.24) is 0 Å². The van der Waals surface area contributed by atoms with Crippen molar-refractivity contribution in [3.63, 3.8) is 0 Å². The van der Waals surface area contributed by atoms with E-state index in [9.17, 15) is 74.6 Å². The molecule has 0 aliphatic heterocycles. The van der Waals surface area contributed by atoms with Crippen LogP contribution in [0.5, 0.6) is 0 Å². The fourth-order valence-corrected chi connectivity index (χ4v) is 19.3. The molecule has 17 heteroatoms. The summed E-state index contributed by atoms with van der Waals surface area (Å²) in [6, 6.07) is 14.7. The minimum absolute atomic E-state index is 0.143. The maximum atomic E-state index is 13.7. The van der Waals surface area contributed by atoms with Crippen LogP contribution in [0.4, 0.5) is 74.6 Å². The molecule has 0 unspecified atom stereocenters. The highest BCUT2D eigenvalue weighted by atomic mass is 19.2. The minimum atomic E-state index is -1.36. The number of rotatable bonds is 27. The molecule has 117 heavy (non-hydrogen) atoms. The summed E-state index contributed by atoms with van der Waals surface area (Å²) in [6.45, 7) is 14.7. The van der Waals surface area contributed by atoms with Gasteiger partial charge < -0.3 is 0 Å². The van der Waals surface area contributed by atoms with Gasteiger partial charge in [-0.1, -0.05) is 176 Å². The van der Waals surface area contributed by atoms with E-state index in [2.05, 4.69) is 41.5 Å². The molecular weight excluding hydrogens is 1520 g/mol. The fourth-order valence-electron chi connectivity index (χ4n) is 19.3. The quantitative estimate of drug-likeness (QED) is 0.0274. The maximum absolute atomic E-state index is 13.7. The van der Waals surface area contributed by atoms with Crippen LogP contribution in [-0.4, -0.2) is 0 Å². The lowest BCUT2D eigenvalue weighted by molar-refractivity contribution is 0.301. The van der Waals surface area contributed by atoms with Gasteiger partial charge in [0.15, 0.2) is 87.3 Å². The molecule has 0 saturated heterocycles. The molecule has 6 fully saturated rings. The van der Waals surface area contributed by atoms with Crippen molar-refractivity contribution in [2.75, 3.05) is 0 Å². The highest BCUT2D eigenvalue weighted by molar-refractivity contribution is 5.30. The highest BCUT2D eigenvalue weighted by Crippen LogP contribution is 2.45. The number of unbranched alkanes of at least 4 members (excludes halogenated alkanes) is 10. The van der Waals surface area contributed by atoms with Gasteiger partial charge in [-0.2, -0.15) is 0 Å². The Labute approximate surface area is 690 Å². The van der Waals surface area contributed by atoms with E-state index in [1.54, 1.807) is 12.1 Å². The van der Waals surface area contributed by atoms with Gasteiger partial charge in [-0.15, -0.1) is 0 Å².